The smallest absolute Gasteiger partial charge is 0.320 e. The monoisotopic (exact) mass is 391 g/mol. The maximum absolute atomic E-state index is 11.1. The van der Waals surface area contributed by atoms with Crippen molar-refractivity contribution in [3.8, 4) is 0 Å². The first kappa shape index (κ1) is 22.0. The summed E-state index contributed by atoms with van der Waals surface area (Å²) in [6.07, 6.45) is 2.66. The third-order valence-corrected chi connectivity index (χ3v) is 5.56. The molecule has 0 aromatic carbocycles. The maximum Gasteiger partial charge on any atom is 0.320 e. The summed E-state index contributed by atoms with van der Waals surface area (Å²) in [4.78, 5) is 41.3. The fourth-order valence-electron chi connectivity index (χ4n) is 2.67. The van der Waals surface area contributed by atoms with Gasteiger partial charge in [-0.3, -0.25) is 14.4 Å². The Morgan fingerprint density at radius 3 is 2.35 bits per heavy atom. The molecule has 11 heteroatoms. The number of carbonyl (C=O) groups is 4. The van der Waals surface area contributed by atoms with E-state index in [9.17, 15) is 19.2 Å². The van der Waals surface area contributed by atoms with Gasteiger partial charge in [-0.25, -0.2) is 4.79 Å². The molecule has 2 heterocycles. The van der Waals surface area contributed by atoms with Crippen molar-refractivity contribution in [3.05, 3.63) is 0 Å². The Bertz CT molecular complexity index is 531. The molecular weight excluding hydrogens is 366 g/mol. The predicted molar refractivity (Wildman–Crippen MR) is 94.1 cm³/mol. The zero-order valence-corrected chi connectivity index (χ0v) is 15.0. The molecule has 2 aliphatic heterocycles. The van der Waals surface area contributed by atoms with Crippen LogP contribution in [0, 0.1) is 0 Å². The summed E-state index contributed by atoms with van der Waals surface area (Å²) in [7, 11) is 0. The Balaban J connectivity index is 0.000000294. The van der Waals surface area contributed by atoms with Crippen molar-refractivity contribution in [3.63, 3.8) is 0 Å². The van der Waals surface area contributed by atoms with Gasteiger partial charge in [0.15, 0.2) is 0 Å². The fourth-order valence-corrected chi connectivity index (χ4v) is 4.21. The van der Waals surface area contributed by atoms with Gasteiger partial charge in [0.25, 0.3) is 0 Å². The van der Waals surface area contributed by atoms with Crippen LogP contribution >= 0.6 is 11.8 Å². The highest BCUT2D eigenvalue weighted by Crippen LogP contribution is 2.33. The van der Waals surface area contributed by atoms with Gasteiger partial charge in [-0.05, 0) is 19.3 Å². The maximum atomic E-state index is 11.1. The number of rotatable bonds is 9. The van der Waals surface area contributed by atoms with Crippen molar-refractivity contribution in [2.24, 2.45) is 5.73 Å². The quantitative estimate of drug-likeness (QED) is 0.234. The molecule has 2 rings (SSSR count). The molecule has 0 spiro atoms. The molecule has 0 aromatic rings. The number of nitrogens with one attached hydrogen (secondary N) is 2. The molecule has 2 fully saturated rings. The van der Waals surface area contributed by atoms with Crippen molar-refractivity contribution in [2.45, 2.75) is 61.9 Å². The van der Waals surface area contributed by atoms with Crippen LogP contribution in [0.2, 0.25) is 0 Å². The van der Waals surface area contributed by atoms with E-state index >= 15 is 0 Å². The molecule has 7 N–H and O–H groups in total. The number of carboxylic acid groups (broad SMARTS) is 3. The van der Waals surface area contributed by atoms with E-state index < -0.39 is 23.9 Å². The van der Waals surface area contributed by atoms with Gasteiger partial charge in [0.2, 0.25) is 0 Å². The lowest BCUT2D eigenvalue weighted by Crippen LogP contribution is -2.36. The van der Waals surface area contributed by atoms with Gasteiger partial charge in [0.1, 0.15) is 6.04 Å². The van der Waals surface area contributed by atoms with Crippen molar-refractivity contribution in [2.75, 3.05) is 5.75 Å². The van der Waals surface area contributed by atoms with Gasteiger partial charge in [-0.1, -0.05) is 6.42 Å². The van der Waals surface area contributed by atoms with Crippen LogP contribution in [0.5, 0.6) is 0 Å². The minimum Gasteiger partial charge on any atom is -0.481 e. The van der Waals surface area contributed by atoms with Crippen LogP contribution in [0.3, 0.4) is 0 Å². The number of thioether (sulfide) groups is 1. The van der Waals surface area contributed by atoms with E-state index in [4.69, 9.17) is 21.1 Å². The third kappa shape index (κ3) is 7.91. The molecule has 2 aliphatic rings. The van der Waals surface area contributed by atoms with Gasteiger partial charge in [-0.15, -0.1) is 0 Å². The first-order valence-corrected chi connectivity index (χ1v) is 9.36. The molecule has 0 saturated carbocycles. The molecule has 0 aromatic heterocycles. The zero-order chi connectivity index (χ0) is 19.7. The van der Waals surface area contributed by atoms with E-state index in [2.05, 4.69) is 10.6 Å². The molecular formula is C15H25N3O7S. The SMILES string of the molecule is N[C@@H](CCC(=O)O)C(=O)O.O=C(O)CCCC[C@@H]1SC[C@@H]2NC(=O)N[C@@H]21. The van der Waals surface area contributed by atoms with Crippen LogP contribution in [-0.2, 0) is 14.4 Å². The molecule has 0 bridgehead atoms. The molecule has 2 saturated heterocycles. The number of urea groups is 1. The second kappa shape index (κ2) is 10.9. The number of aliphatic carboxylic acids is 3. The van der Waals surface area contributed by atoms with Gasteiger partial charge in [0, 0.05) is 23.8 Å². The van der Waals surface area contributed by atoms with Gasteiger partial charge in [0.05, 0.1) is 12.1 Å². The molecule has 0 unspecified atom stereocenters. The standard InChI is InChI=1S/C10H16N2O3S.C5H9NO4/c13-8(14)4-2-1-3-7-9-6(5-16-7)11-10(15)12-9;6-3(5(9)10)1-2-4(7)8/h6-7,9H,1-5H2,(H,13,14)(H2,11,12,15);3H,1-2,6H2,(H,7,8)(H,9,10)/t6-,7-,9-;3-/m00/s1. The van der Waals surface area contributed by atoms with Crippen molar-refractivity contribution >= 4 is 35.7 Å². The van der Waals surface area contributed by atoms with Crippen molar-refractivity contribution < 1.29 is 34.5 Å². The van der Waals surface area contributed by atoms with Gasteiger partial charge >= 0.3 is 23.9 Å². The predicted octanol–water partition coefficient (Wildman–Crippen LogP) is 0.0599. The number of carboxylic acids is 3. The fraction of sp³-hybridized carbons (Fsp3) is 0.733. The molecule has 0 radical (unpaired) electrons. The molecule has 2 amide bonds. The Kier molecular flexibility index (Phi) is 9.21. The average Bonchev–Trinajstić information content (AvgIpc) is 3.09. The topological polar surface area (TPSA) is 179 Å². The highest BCUT2D eigenvalue weighted by molar-refractivity contribution is 8.00. The van der Waals surface area contributed by atoms with Crippen LogP contribution in [0.1, 0.15) is 38.5 Å². The summed E-state index contributed by atoms with van der Waals surface area (Å²) in [6.45, 7) is 0. The average molecular weight is 391 g/mol. The van der Waals surface area contributed by atoms with Crippen LogP contribution in [0.15, 0.2) is 0 Å². The number of carbonyl (C=O) groups excluding carboxylic acids is 1. The van der Waals surface area contributed by atoms with E-state index in [1.54, 1.807) is 0 Å². The lowest BCUT2D eigenvalue weighted by Gasteiger charge is -2.16. The number of amides is 2. The minimum absolute atomic E-state index is 0.0231. The summed E-state index contributed by atoms with van der Waals surface area (Å²) in [6, 6.07) is -0.619. The lowest BCUT2D eigenvalue weighted by atomic mass is 10.0. The Hall–Kier alpha value is -2.01. The van der Waals surface area contributed by atoms with Gasteiger partial charge < -0.3 is 31.7 Å². The first-order valence-electron chi connectivity index (χ1n) is 8.31. The second-order valence-corrected chi connectivity index (χ2v) is 7.41. The number of hydrogen-bond acceptors (Lipinski definition) is 6. The van der Waals surface area contributed by atoms with E-state index in [1.165, 1.54) is 0 Å². The van der Waals surface area contributed by atoms with Crippen LogP contribution in [-0.4, -0.2) is 68.4 Å². The first-order chi connectivity index (χ1) is 12.2. The molecule has 4 atom stereocenters. The van der Waals surface area contributed by atoms with E-state index in [0.29, 0.717) is 5.25 Å². The van der Waals surface area contributed by atoms with E-state index in [1.807, 2.05) is 11.8 Å². The van der Waals surface area contributed by atoms with Crippen LogP contribution < -0.4 is 16.4 Å². The van der Waals surface area contributed by atoms with Gasteiger partial charge in [-0.2, -0.15) is 11.8 Å². The number of fused-ring (bicyclic) bond motifs is 1. The number of hydrogen-bond donors (Lipinski definition) is 6. The summed E-state index contributed by atoms with van der Waals surface area (Å²) in [5.74, 6) is -1.96. The summed E-state index contributed by atoms with van der Waals surface area (Å²) < 4.78 is 0. The number of nitrogens with two attached hydrogens (primary N) is 1. The highest BCUT2D eigenvalue weighted by atomic mass is 32.2. The van der Waals surface area contributed by atoms with E-state index in [-0.39, 0.29) is 37.4 Å². The van der Waals surface area contributed by atoms with Crippen molar-refractivity contribution in [1.29, 1.82) is 0 Å². The Morgan fingerprint density at radius 2 is 1.77 bits per heavy atom. The molecule has 10 nitrogen and oxygen atoms in total. The van der Waals surface area contributed by atoms with Crippen LogP contribution in [0.25, 0.3) is 0 Å². The molecule has 0 aliphatic carbocycles. The van der Waals surface area contributed by atoms with Crippen LogP contribution in [0.4, 0.5) is 4.79 Å². The Morgan fingerprint density at radius 1 is 1.12 bits per heavy atom. The van der Waals surface area contributed by atoms with Crippen molar-refractivity contribution in [1.82, 2.24) is 10.6 Å². The van der Waals surface area contributed by atoms with E-state index in [0.717, 1.165) is 25.0 Å². The molecule has 148 valence electrons. The second-order valence-electron chi connectivity index (χ2n) is 6.14. The number of unbranched alkanes of at least 4 members (excludes halogenated alkanes) is 1. The highest BCUT2D eigenvalue weighted by Gasteiger charge is 2.42. The largest absolute Gasteiger partial charge is 0.481 e. The Labute approximate surface area is 154 Å². The zero-order valence-electron chi connectivity index (χ0n) is 14.2. The normalized spacial score (nSPS) is 24.5. The summed E-state index contributed by atoms with van der Waals surface area (Å²) in [5, 5.41) is 31.1. The lowest BCUT2D eigenvalue weighted by molar-refractivity contribution is -0.140. The minimum atomic E-state index is -1.17. The summed E-state index contributed by atoms with van der Waals surface area (Å²) >= 11 is 1.87. The molecule has 26 heavy (non-hydrogen) atoms. The third-order valence-electron chi connectivity index (χ3n) is 4.05. The summed E-state index contributed by atoms with van der Waals surface area (Å²) in [5.41, 5.74) is 5.00.